The lowest BCUT2D eigenvalue weighted by Gasteiger charge is -1.92. The summed E-state index contributed by atoms with van der Waals surface area (Å²) in [4.78, 5) is 10.9. The van der Waals surface area contributed by atoms with E-state index in [9.17, 15) is 0 Å². The Morgan fingerprint density at radius 1 is 1.15 bits per heavy atom. The van der Waals surface area contributed by atoms with Crippen LogP contribution in [-0.2, 0) is 12.8 Å². The topological polar surface area (TPSA) is 54.7 Å². The van der Waals surface area contributed by atoms with Crippen LogP contribution in [0.5, 0.6) is 0 Å². The molecule has 0 radical (unpaired) electrons. The number of nitrogen functional groups attached to an aromatic ring is 1. The third kappa shape index (κ3) is 1.91. The highest BCUT2D eigenvalue weighted by atomic mass is 32.1. The van der Waals surface area contributed by atoms with E-state index in [-0.39, 0.29) is 0 Å². The van der Waals surface area contributed by atoms with Crippen molar-refractivity contribution < 1.29 is 0 Å². The first-order valence-corrected chi connectivity index (χ1v) is 7.99. The molecule has 1 aliphatic carbocycles. The Kier molecular flexibility index (Phi) is 2.77. The molecule has 0 saturated carbocycles. The number of benzene rings is 1. The van der Waals surface area contributed by atoms with E-state index in [0.717, 1.165) is 22.5 Å². The highest BCUT2D eigenvalue weighted by molar-refractivity contribution is 7.15. The molecule has 0 atom stereocenters. The van der Waals surface area contributed by atoms with Crippen molar-refractivity contribution in [2.24, 2.45) is 0 Å². The molecule has 2 heterocycles. The quantitative estimate of drug-likeness (QED) is 0.521. The number of aromatic nitrogens is 2. The number of anilines is 1. The molecule has 0 saturated heterocycles. The summed E-state index contributed by atoms with van der Waals surface area (Å²) in [5.74, 6) is 0.955. The van der Waals surface area contributed by atoms with E-state index in [1.165, 1.54) is 42.5 Å². The van der Waals surface area contributed by atoms with Crippen LogP contribution < -0.4 is 5.73 Å². The van der Waals surface area contributed by atoms with Gasteiger partial charge in [0.15, 0.2) is 0 Å². The Balaban J connectivity index is 1.81. The maximum atomic E-state index is 5.99. The van der Waals surface area contributed by atoms with Crippen LogP contribution in [0.3, 0.4) is 0 Å². The molecule has 0 unspecified atom stereocenters. The van der Waals surface area contributed by atoms with Gasteiger partial charge >= 0.3 is 0 Å². The molecule has 0 spiro atoms. The average Bonchev–Trinajstić information content (AvgIpc) is 2.99. The van der Waals surface area contributed by atoms with E-state index < -0.39 is 0 Å². The fourth-order valence-electron chi connectivity index (χ4n) is 2.96. The van der Waals surface area contributed by atoms with Crippen molar-refractivity contribution in [2.75, 3.05) is 5.73 Å². The standard InChI is InChI=1S/C16H17N3S/c17-11-6-4-7-12-15(11)19-16(18-12)14-9-10-5-2-1-3-8-13(10)20-14/h4,6-7,9H,1-3,5,8,17H2,(H,18,19). The molecule has 0 fully saturated rings. The van der Waals surface area contributed by atoms with Crippen molar-refractivity contribution in [3.63, 3.8) is 0 Å². The fourth-order valence-corrected chi connectivity index (χ4v) is 4.15. The number of nitrogens with two attached hydrogens (primary N) is 1. The molecule has 2 aromatic heterocycles. The molecular weight excluding hydrogens is 266 g/mol. The maximum Gasteiger partial charge on any atom is 0.148 e. The molecule has 4 rings (SSSR count). The SMILES string of the molecule is Nc1cccc2[nH]c(-c3cc4c(s3)CCCCC4)nc12. The number of nitrogens with one attached hydrogen (secondary N) is 1. The predicted octanol–water partition coefficient (Wildman–Crippen LogP) is 4.14. The zero-order chi connectivity index (χ0) is 13.5. The van der Waals surface area contributed by atoms with E-state index in [0.29, 0.717) is 0 Å². The number of aromatic amines is 1. The zero-order valence-electron chi connectivity index (χ0n) is 11.3. The molecule has 3 aromatic rings. The number of hydrogen-bond acceptors (Lipinski definition) is 3. The zero-order valence-corrected chi connectivity index (χ0v) is 12.1. The summed E-state index contributed by atoms with van der Waals surface area (Å²) >= 11 is 1.89. The lowest BCUT2D eigenvalue weighted by Crippen LogP contribution is -1.84. The van der Waals surface area contributed by atoms with Crippen LogP contribution in [0.2, 0.25) is 0 Å². The maximum absolute atomic E-state index is 5.99. The van der Waals surface area contributed by atoms with Crippen molar-refractivity contribution in [3.05, 3.63) is 34.7 Å². The van der Waals surface area contributed by atoms with Gasteiger partial charge in [0.25, 0.3) is 0 Å². The van der Waals surface area contributed by atoms with E-state index in [1.54, 1.807) is 4.88 Å². The van der Waals surface area contributed by atoms with Gasteiger partial charge in [0.05, 0.1) is 16.1 Å². The minimum Gasteiger partial charge on any atom is -0.397 e. The van der Waals surface area contributed by atoms with Crippen LogP contribution in [0.4, 0.5) is 5.69 Å². The van der Waals surface area contributed by atoms with E-state index in [4.69, 9.17) is 5.73 Å². The first-order valence-electron chi connectivity index (χ1n) is 7.17. The molecule has 4 heteroatoms. The third-order valence-electron chi connectivity index (χ3n) is 4.02. The van der Waals surface area contributed by atoms with E-state index in [2.05, 4.69) is 16.0 Å². The van der Waals surface area contributed by atoms with Crippen LogP contribution in [-0.4, -0.2) is 9.97 Å². The van der Waals surface area contributed by atoms with Gasteiger partial charge in [0.2, 0.25) is 0 Å². The number of nitrogens with zero attached hydrogens (tertiary/aromatic N) is 1. The Hall–Kier alpha value is -1.81. The number of fused-ring (bicyclic) bond motifs is 2. The van der Waals surface area contributed by atoms with Crippen molar-refractivity contribution in [1.29, 1.82) is 0 Å². The van der Waals surface area contributed by atoms with Gasteiger partial charge in [0, 0.05) is 4.88 Å². The number of hydrogen-bond donors (Lipinski definition) is 2. The predicted molar refractivity (Wildman–Crippen MR) is 85.1 cm³/mol. The molecule has 0 aliphatic heterocycles. The Bertz CT molecular complexity index is 746. The summed E-state index contributed by atoms with van der Waals surface area (Å²) in [5, 5.41) is 0. The molecule has 1 aromatic carbocycles. The van der Waals surface area contributed by atoms with Crippen LogP contribution in [0.25, 0.3) is 21.7 Å². The number of imidazole rings is 1. The van der Waals surface area contributed by atoms with Gasteiger partial charge in [-0.2, -0.15) is 0 Å². The molecular formula is C16H17N3S. The number of rotatable bonds is 1. The summed E-state index contributed by atoms with van der Waals surface area (Å²) in [6.45, 7) is 0. The van der Waals surface area contributed by atoms with Crippen LogP contribution in [0.15, 0.2) is 24.3 Å². The first-order chi connectivity index (χ1) is 9.81. The van der Waals surface area contributed by atoms with Gasteiger partial charge in [-0.25, -0.2) is 4.98 Å². The molecule has 3 N–H and O–H groups in total. The Morgan fingerprint density at radius 3 is 2.95 bits per heavy atom. The van der Waals surface area contributed by atoms with Gasteiger partial charge in [-0.3, -0.25) is 0 Å². The van der Waals surface area contributed by atoms with Gasteiger partial charge in [-0.15, -0.1) is 11.3 Å². The molecule has 1 aliphatic rings. The van der Waals surface area contributed by atoms with Crippen LogP contribution in [0, 0.1) is 0 Å². The number of para-hydroxylation sites is 1. The molecule has 102 valence electrons. The first kappa shape index (κ1) is 12.0. The monoisotopic (exact) mass is 283 g/mol. The largest absolute Gasteiger partial charge is 0.397 e. The van der Waals surface area contributed by atoms with Crippen molar-refractivity contribution in [3.8, 4) is 10.7 Å². The summed E-state index contributed by atoms with van der Waals surface area (Å²) in [6, 6.07) is 8.21. The smallest absolute Gasteiger partial charge is 0.148 e. The third-order valence-corrected chi connectivity index (χ3v) is 5.27. The molecule has 20 heavy (non-hydrogen) atoms. The molecule has 0 bridgehead atoms. The van der Waals surface area contributed by atoms with Crippen molar-refractivity contribution >= 4 is 28.1 Å². The highest BCUT2D eigenvalue weighted by Crippen LogP contribution is 2.35. The minimum atomic E-state index is 0.739. The summed E-state index contributed by atoms with van der Waals surface area (Å²) < 4.78 is 0. The van der Waals surface area contributed by atoms with Crippen molar-refractivity contribution in [1.82, 2.24) is 9.97 Å². The highest BCUT2D eigenvalue weighted by Gasteiger charge is 2.15. The van der Waals surface area contributed by atoms with Gasteiger partial charge in [0.1, 0.15) is 11.3 Å². The normalized spacial score (nSPS) is 15.2. The van der Waals surface area contributed by atoms with E-state index in [1.807, 2.05) is 29.5 Å². The van der Waals surface area contributed by atoms with Crippen LogP contribution >= 0.6 is 11.3 Å². The second-order valence-electron chi connectivity index (χ2n) is 5.45. The van der Waals surface area contributed by atoms with Crippen LogP contribution in [0.1, 0.15) is 29.7 Å². The second-order valence-corrected chi connectivity index (χ2v) is 6.59. The van der Waals surface area contributed by atoms with Gasteiger partial charge in [-0.05, 0) is 49.4 Å². The average molecular weight is 283 g/mol. The number of thiophene rings is 1. The lowest BCUT2D eigenvalue weighted by molar-refractivity contribution is 0.713. The van der Waals surface area contributed by atoms with Gasteiger partial charge < -0.3 is 10.7 Å². The Morgan fingerprint density at radius 2 is 2.05 bits per heavy atom. The summed E-state index contributed by atoms with van der Waals surface area (Å²) in [5.41, 5.74) is 10.1. The summed E-state index contributed by atoms with van der Waals surface area (Å²) in [6.07, 6.45) is 6.44. The number of H-pyrrole nitrogens is 1. The molecule has 0 amide bonds. The van der Waals surface area contributed by atoms with Crippen molar-refractivity contribution in [2.45, 2.75) is 32.1 Å². The minimum absolute atomic E-state index is 0.739. The summed E-state index contributed by atoms with van der Waals surface area (Å²) in [7, 11) is 0. The van der Waals surface area contributed by atoms with E-state index >= 15 is 0 Å². The second kappa shape index (κ2) is 4.63. The lowest BCUT2D eigenvalue weighted by atomic mass is 10.1. The molecule has 3 nitrogen and oxygen atoms in total. The fraction of sp³-hybridized carbons (Fsp3) is 0.312. The Labute approximate surface area is 121 Å². The number of aryl methyl sites for hydroxylation is 2. The van der Waals surface area contributed by atoms with Gasteiger partial charge in [-0.1, -0.05) is 12.5 Å².